The number of halogens is 1. The normalized spacial score (nSPS) is 13.4. The van der Waals surface area contributed by atoms with Crippen LogP contribution in [0.3, 0.4) is 0 Å². The minimum absolute atomic E-state index is 0.0139. The van der Waals surface area contributed by atoms with E-state index in [1.54, 1.807) is 12.4 Å². The van der Waals surface area contributed by atoms with Crippen molar-refractivity contribution in [3.8, 4) is 0 Å². The van der Waals surface area contributed by atoms with Gasteiger partial charge in [-0.1, -0.05) is 54.1 Å². The molecule has 2 N–H and O–H groups in total. The fourth-order valence-corrected chi connectivity index (χ4v) is 2.79. The molecule has 122 valence electrons. The Kier molecular flexibility index (Phi) is 5.59. The van der Waals surface area contributed by atoms with E-state index in [0.29, 0.717) is 11.6 Å². The monoisotopic (exact) mass is 338 g/mol. The first-order valence-corrected chi connectivity index (χ1v) is 8.23. The smallest absolute Gasteiger partial charge is 0.0915 e. The number of aromatic nitrogens is 1. The predicted molar refractivity (Wildman–Crippen MR) is 96.9 cm³/mol. The summed E-state index contributed by atoms with van der Waals surface area (Å²) < 4.78 is 0. The van der Waals surface area contributed by atoms with Gasteiger partial charge in [0.05, 0.1) is 12.1 Å². The summed E-state index contributed by atoms with van der Waals surface area (Å²) in [4.78, 5) is 3.98. The molecule has 3 aromatic rings. The molecule has 2 aromatic carbocycles. The van der Waals surface area contributed by atoms with Crippen LogP contribution in [0, 0.1) is 0 Å². The van der Waals surface area contributed by atoms with Gasteiger partial charge in [-0.25, -0.2) is 0 Å². The van der Waals surface area contributed by atoms with E-state index in [1.807, 2.05) is 54.6 Å². The van der Waals surface area contributed by atoms with Crippen molar-refractivity contribution in [2.45, 2.75) is 12.1 Å². The second-order valence-electron chi connectivity index (χ2n) is 5.60. The number of nitrogens with one attached hydrogen (secondary N) is 1. The highest BCUT2D eigenvalue weighted by atomic mass is 35.5. The third-order valence-corrected chi connectivity index (χ3v) is 4.19. The van der Waals surface area contributed by atoms with Crippen LogP contribution in [0.5, 0.6) is 0 Å². The minimum atomic E-state index is -0.591. The molecule has 3 rings (SSSR count). The van der Waals surface area contributed by atoms with Gasteiger partial charge < -0.3 is 10.4 Å². The Morgan fingerprint density at radius 3 is 2.12 bits per heavy atom. The van der Waals surface area contributed by atoms with Crippen LogP contribution in [0.15, 0.2) is 79.1 Å². The number of aliphatic hydroxyl groups excluding tert-OH is 1. The lowest BCUT2D eigenvalue weighted by Crippen LogP contribution is -2.27. The van der Waals surface area contributed by atoms with Crippen LogP contribution in [-0.4, -0.2) is 16.6 Å². The standard InChI is InChI=1S/C20H19ClN2O/c21-18-8-6-17(7-9-18)20(16-4-2-1-3-5-16)23-14-19(24)15-10-12-22-13-11-15/h1-13,19-20,23-24H,14H2. The van der Waals surface area contributed by atoms with Crippen molar-refractivity contribution < 1.29 is 5.11 Å². The highest BCUT2D eigenvalue weighted by Crippen LogP contribution is 2.24. The van der Waals surface area contributed by atoms with Gasteiger partial charge in [0.25, 0.3) is 0 Å². The summed E-state index contributed by atoms with van der Waals surface area (Å²) in [5.41, 5.74) is 3.09. The third kappa shape index (κ3) is 4.20. The Morgan fingerprint density at radius 2 is 1.46 bits per heavy atom. The van der Waals surface area contributed by atoms with Gasteiger partial charge in [0.2, 0.25) is 0 Å². The first kappa shape index (κ1) is 16.7. The molecule has 24 heavy (non-hydrogen) atoms. The molecular weight excluding hydrogens is 320 g/mol. The van der Waals surface area contributed by atoms with E-state index in [1.165, 1.54) is 0 Å². The summed E-state index contributed by atoms with van der Waals surface area (Å²) in [6, 6.07) is 21.6. The summed E-state index contributed by atoms with van der Waals surface area (Å²) in [5.74, 6) is 0. The summed E-state index contributed by atoms with van der Waals surface area (Å²) in [7, 11) is 0. The summed E-state index contributed by atoms with van der Waals surface area (Å²) >= 11 is 6.00. The van der Waals surface area contributed by atoms with Crippen molar-refractivity contribution in [3.63, 3.8) is 0 Å². The van der Waals surface area contributed by atoms with Crippen molar-refractivity contribution in [1.82, 2.24) is 10.3 Å². The molecular formula is C20H19ClN2O. The molecule has 4 heteroatoms. The van der Waals surface area contributed by atoms with Gasteiger partial charge in [0.1, 0.15) is 0 Å². The van der Waals surface area contributed by atoms with Crippen LogP contribution in [0.1, 0.15) is 28.8 Å². The molecule has 0 amide bonds. The van der Waals surface area contributed by atoms with Gasteiger partial charge in [-0.15, -0.1) is 0 Å². The van der Waals surface area contributed by atoms with E-state index < -0.39 is 6.10 Å². The quantitative estimate of drug-likeness (QED) is 0.709. The first-order valence-electron chi connectivity index (χ1n) is 7.86. The Balaban J connectivity index is 1.79. The second-order valence-corrected chi connectivity index (χ2v) is 6.04. The average molecular weight is 339 g/mol. The van der Waals surface area contributed by atoms with E-state index in [4.69, 9.17) is 11.6 Å². The van der Waals surface area contributed by atoms with Crippen molar-refractivity contribution in [3.05, 3.63) is 101 Å². The van der Waals surface area contributed by atoms with Gasteiger partial charge in [-0.3, -0.25) is 4.98 Å². The Bertz CT molecular complexity index is 748. The lowest BCUT2D eigenvalue weighted by atomic mass is 9.98. The molecule has 0 aliphatic rings. The van der Waals surface area contributed by atoms with E-state index in [-0.39, 0.29) is 6.04 Å². The van der Waals surface area contributed by atoms with E-state index in [2.05, 4.69) is 22.4 Å². The van der Waals surface area contributed by atoms with Crippen LogP contribution in [0.2, 0.25) is 5.02 Å². The predicted octanol–water partition coefficient (Wildman–Crippen LogP) is 4.15. The molecule has 0 saturated carbocycles. The maximum Gasteiger partial charge on any atom is 0.0915 e. The Labute approximate surface area is 147 Å². The Morgan fingerprint density at radius 1 is 0.833 bits per heavy atom. The van der Waals surface area contributed by atoms with Crippen LogP contribution < -0.4 is 5.32 Å². The molecule has 0 aliphatic carbocycles. The molecule has 1 heterocycles. The molecule has 0 bridgehead atoms. The third-order valence-electron chi connectivity index (χ3n) is 3.94. The van der Waals surface area contributed by atoms with E-state index in [0.717, 1.165) is 16.7 Å². The van der Waals surface area contributed by atoms with Crippen molar-refractivity contribution in [2.75, 3.05) is 6.54 Å². The Hall–Kier alpha value is -2.20. The molecule has 2 unspecified atom stereocenters. The summed E-state index contributed by atoms with van der Waals surface area (Å²) in [5, 5.41) is 14.6. The highest BCUT2D eigenvalue weighted by Gasteiger charge is 2.16. The highest BCUT2D eigenvalue weighted by molar-refractivity contribution is 6.30. The average Bonchev–Trinajstić information content (AvgIpc) is 2.65. The molecule has 1 aromatic heterocycles. The number of aliphatic hydroxyl groups is 1. The molecule has 3 nitrogen and oxygen atoms in total. The number of pyridine rings is 1. The number of rotatable bonds is 6. The topological polar surface area (TPSA) is 45.1 Å². The molecule has 0 saturated heterocycles. The van der Waals surface area contributed by atoms with Crippen molar-refractivity contribution >= 4 is 11.6 Å². The number of hydrogen-bond donors (Lipinski definition) is 2. The SMILES string of the molecule is OC(CNC(c1ccccc1)c1ccc(Cl)cc1)c1ccncc1. The van der Waals surface area contributed by atoms with Gasteiger partial charge in [-0.2, -0.15) is 0 Å². The minimum Gasteiger partial charge on any atom is -0.387 e. The summed E-state index contributed by atoms with van der Waals surface area (Å²) in [6.07, 6.45) is 2.78. The molecule has 0 spiro atoms. The largest absolute Gasteiger partial charge is 0.387 e. The molecule has 2 atom stereocenters. The lowest BCUT2D eigenvalue weighted by molar-refractivity contribution is 0.172. The van der Waals surface area contributed by atoms with Crippen LogP contribution in [0.4, 0.5) is 0 Å². The van der Waals surface area contributed by atoms with Crippen LogP contribution in [0.25, 0.3) is 0 Å². The fraction of sp³-hybridized carbons (Fsp3) is 0.150. The zero-order valence-corrected chi connectivity index (χ0v) is 13.9. The zero-order valence-electron chi connectivity index (χ0n) is 13.1. The molecule has 0 radical (unpaired) electrons. The number of nitrogens with zero attached hydrogens (tertiary/aromatic N) is 1. The number of hydrogen-bond acceptors (Lipinski definition) is 3. The van der Waals surface area contributed by atoms with Crippen LogP contribution >= 0.6 is 11.6 Å². The maximum absolute atomic E-state index is 10.4. The van der Waals surface area contributed by atoms with Gasteiger partial charge in [0.15, 0.2) is 0 Å². The fourth-order valence-electron chi connectivity index (χ4n) is 2.66. The van der Waals surface area contributed by atoms with E-state index in [9.17, 15) is 5.11 Å². The second kappa shape index (κ2) is 8.06. The molecule has 0 fully saturated rings. The van der Waals surface area contributed by atoms with Crippen molar-refractivity contribution in [2.24, 2.45) is 0 Å². The van der Waals surface area contributed by atoms with Gasteiger partial charge >= 0.3 is 0 Å². The molecule has 0 aliphatic heterocycles. The van der Waals surface area contributed by atoms with Gasteiger partial charge in [0, 0.05) is 24.0 Å². The van der Waals surface area contributed by atoms with Crippen LogP contribution in [-0.2, 0) is 0 Å². The van der Waals surface area contributed by atoms with Gasteiger partial charge in [-0.05, 0) is 41.0 Å². The maximum atomic E-state index is 10.4. The number of benzene rings is 2. The zero-order chi connectivity index (χ0) is 16.8. The summed E-state index contributed by atoms with van der Waals surface area (Å²) in [6.45, 7) is 0.437. The first-order chi connectivity index (χ1) is 11.7. The van der Waals surface area contributed by atoms with E-state index >= 15 is 0 Å². The lowest BCUT2D eigenvalue weighted by Gasteiger charge is -2.22. The van der Waals surface area contributed by atoms with Crippen molar-refractivity contribution in [1.29, 1.82) is 0 Å².